The van der Waals surface area contributed by atoms with Gasteiger partial charge in [-0.1, -0.05) is 18.2 Å². The molecule has 0 saturated carbocycles. The van der Waals surface area contributed by atoms with E-state index < -0.39 is 35.3 Å². The van der Waals surface area contributed by atoms with Gasteiger partial charge in [-0.2, -0.15) is 13.2 Å². The summed E-state index contributed by atoms with van der Waals surface area (Å²) in [6.07, 6.45) is -5.70. The maximum atomic E-state index is 12.2. The van der Waals surface area contributed by atoms with Crippen LogP contribution in [0.25, 0.3) is 0 Å². The summed E-state index contributed by atoms with van der Waals surface area (Å²) in [5, 5.41) is 9.03. The predicted molar refractivity (Wildman–Crippen MR) is 62.8 cm³/mol. The van der Waals surface area contributed by atoms with E-state index in [1.165, 1.54) is 24.3 Å². The Hall–Kier alpha value is -1.12. The number of halogens is 3. The van der Waals surface area contributed by atoms with Crippen LogP contribution in [0.5, 0.6) is 0 Å². The summed E-state index contributed by atoms with van der Waals surface area (Å²) in [4.78, 5) is -0.216. The first kappa shape index (κ1) is 15.9. The fourth-order valence-electron chi connectivity index (χ4n) is 1.61. The minimum Gasteiger partial charge on any atom is -0.392 e. The highest BCUT2D eigenvalue weighted by atomic mass is 32.2. The van der Waals surface area contributed by atoms with Crippen molar-refractivity contribution in [3.63, 3.8) is 0 Å². The third-order valence-corrected chi connectivity index (χ3v) is 4.02. The largest absolute Gasteiger partial charge is 0.392 e. The lowest BCUT2D eigenvalue weighted by atomic mass is 10.2. The molecule has 0 fully saturated rings. The minimum absolute atomic E-state index is 0.134. The van der Waals surface area contributed by atoms with Gasteiger partial charge < -0.3 is 5.11 Å². The van der Waals surface area contributed by atoms with Crippen LogP contribution in [0.3, 0.4) is 0 Å². The van der Waals surface area contributed by atoms with Crippen molar-refractivity contribution >= 4 is 10.0 Å². The highest BCUT2D eigenvalue weighted by molar-refractivity contribution is 7.89. The van der Waals surface area contributed by atoms with Gasteiger partial charge in [0.25, 0.3) is 0 Å². The van der Waals surface area contributed by atoms with E-state index in [0.717, 1.165) is 6.92 Å². The quantitative estimate of drug-likeness (QED) is 0.871. The molecule has 0 amide bonds. The van der Waals surface area contributed by atoms with Crippen molar-refractivity contribution in [2.75, 3.05) is 0 Å². The molecule has 2 N–H and O–H groups in total. The first-order valence-electron chi connectivity index (χ1n) is 5.43. The van der Waals surface area contributed by atoms with Crippen molar-refractivity contribution in [2.45, 2.75) is 37.1 Å². The minimum atomic E-state index is -4.45. The number of sulfonamides is 1. The molecule has 0 spiro atoms. The summed E-state index contributed by atoms with van der Waals surface area (Å²) in [7, 11) is -4.08. The van der Waals surface area contributed by atoms with Crippen molar-refractivity contribution in [1.29, 1.82) is 0 Å². The standard InChI is InChI=1S/C11H14F3NO3S/c1-8(6-11(12,13)14)15-19(17,18)10-5-3-2-4-9(10)7-16/h2-5,8,15-16H,6-7H2,1H3. The lowest BCUT2D eigenvalue weighted by Gasteiger charge is -2.17. The van der Waals surface area contributed by atoms with Gasteiger partial charge in [0.15, 0.2) is 0 Å². The highest BCUT2D eigenvalue weighted by Crippen LogP contribution is 2.23. The number of aliphatic hydroxyl groups is 1. The van der Waals surface area contributed by atoms with Crippen molar-refractivity contribution in [2.24, 2.45) is 0 Å². The first-order valence-corrected chi connectivity index (χ1v) is 6.92. The van der Waals surface area contributed by atoms with Gasteiger partial charge in [-0.3, -0.25) is 0 Å². The van der Waals surface area contributed by atoms with Crippen LogP contribution in [-0.2, 0) is 16.6 Å². The monoisotopic (exact) mass is 297 g/mol. The molecule has 0 saturated heterocycles. The van der Waals surface area contributed by atoms with Crippen LogP contribution in [0.1, 0.15) is 18.9 Å². The Morgan fingerprint density at radius 2 is 1.89 bits per heavy atom. The third-order valence-electron chi connectivity index (χ3n) is 2.33. The molecule has 8 heteroatoms. The van der Waals surface area contributed by atoms with Gasteiger partial charge in [0.05, 0.1) is 17.9 Å². The topological polar surface area (TPSA) is 66.4 Å². The zero-order valence-corrected chi connectivity index (χ0v) is 10.9. The van der Waals surface area contributed by atoms with Gasteiger partial charge >= 0.3 is 6.18 Å². The number of rotatable bonds is 5. The molecule has 0 aliphatic heterocycles. The van der Waals surface area contributed by atoms with Crippen molar-refractivity contribution in [1.82, 2.24) is 4.72 Å². The lowest BCUT2D eigenvalue weighted by molar-refractivity contribution is -0.137. The Kier molecular flexibility index (Phi) is 4.94. The predicted octanol–water partition coefficient (Wildman–Crippen LogP) is 1.80. The zero-order valence-electron chi connectivity index (χ0n) is 10.1. The molecular weight excluding hydrogens is 283 g/mol. The maximum Gasteiger partial charge on any atom is 0.390 e. The molecule has 0 aromatic heterocycles. The van der Waals surface area contributed by atoms with Crippen LogP contribution in [0.15, 0.2) is 29.2 Å². The molecule has 0 heterocycles. The van der Waals surface area contributed by atoms with Gasteiger partial charge in [-0.15, -0.1) is 0 Å². The van der Waals surface area contributed by atoms with Crippen LogP contribution in [0.4, 0.5) is 13.2 Å². The van der Waals surface area contributed by atoms with Crippen LogP contribution < -0.4 is 4.72 Å². The van der Waals surface area contributed by atoms with Crippen LogP contribution in [-0.4, -0.2) is 25.7 Å². The highest BCUT2D eigenvalue weighted by Gasteiger charge is 2.32. The van der Waals surface area contributed by atoms with Gasteiger partial charge in [0.2, 0.25) is 10.0 Å². The Labute approximate surface area is 109 Å². The molecular formula is C11H14F3NO3S. The fourth-order valence-corrected chi connectivity index (χ4v) is 3.09. The van der Waals surface area contributed by atoms with E-state index in [1.54, 1.807) is 0 Å². The normalized spacial score (nSPS) is 14.4. The molecule has 108 valence electrons. The molecule has 1 atom stereocenters. The number of alkyl halides is 3. The van der Waals surface area contributed by atoms with Crippen molar-refractivity contribution in [3.8, 4) is 0 Å². The number of nitrogens with one attached hydrogen (secondary N) is 1. The van der Waals surface area contributed by atoms with E-state index in [-0.39, 0.29) is 10.5 Å². The Bertz CT molecular complexity index is 528. The summed E-state index contributed by atoms with van der Waals surface area (Å²) in [5.41, 5.74) is 0.134. The molecule has 0 bridgehead atoms. The second-order valence-corrected chi connectivity index (χ2v) is 5.79. The first-order chi connectivity index (χ1) is 8.65. The summed E-state index contributed by atoms with van der Waals surface area (Å²) < 4.78 is 62.2. The smallest absolute Gasteiger partial charge is 0.390 e. The zero-order chi connectivity index (χ0) is 14.7. The molecule has 19 heavy (non-hydrogen) atoms. The van der Waals surface area contributed by atoms with E-state index in [9.17, 15) is 21.6 Å². The molecule has 1 aromatic rings. The van der Waals surface area contributed by atoms with Gasteiger partial charge in [0.1, 0.15) is 0 Å². The van der Waals surface area contributed by atoms with Gasteiger partial charge in [-0.05, 0) is 18.6 Å². The van der Waals surface area contributed by atoms with Crippen LogP contribution in [0, 0.1) is 0 Å². The van der Waals surface area contributed by atoms with E-state index in [0.29, 0.717) is 0 Å². The van der Waals surface area contributed by atoms with E-state index in [4.69, 9.17) is 5.11 Å². The number of hydrogen-bond donors (Lipinski definition) is 2. The van der Waals surface area contributed by atoms with E-state index >= 15 is 0 Å². The molecule has 1 unspecified atom stereocenters. The van der Waals surface area contributed by atoms with Gasteiger partial charge in [-0.25, -0.2) is 13.1 Å². The van der Waals surface area contributed by atoms with E-state index in [2.05, 4.69) is 0 Å². The molecule has 0 radical (unpaired) electrons. The average Bonchev–Trinajstić information content (AvgIpc) is 2.25. The summed E-state index contributed by atoms with van der Waals surface area (Å²) >= 11 is 0. The Morgan fingerprint density at radius 1 is 1.32 bits per heavy atom. The van der Waals surface area contributed by atoms with Crippen LogP contribution >= 0.6 is 0 Å². The molecule has 4 nitrogen and oxygen atoms in total. The SMILES string of the molecule is CC(CC(F)(F)F)NS(=O)(=O)c1ccccc1CO. The lowest BCUT2D eigenvalue weighted by Crippen LogP contribution is -2.36. The molecule has 0 aliphatic rings. The van der Waals surface area contributed by atoms with Crippen molar-refractivity contribution in [3.05, 3.63) is 29.8 Å². The Morgan fingerprint density at radius 3 is 2.42 bits per heavy atom. The summed E-state index contributed by atoms with van der Waals surface area (Å²) in [5.74, 6) is 0. The molecule has 1 aromatic carbocycles. The van der Waals surface area contributed by atoms with Crippen molar-refractivity contribution < 1.29 is 26.7 Å². The summed E-state index contributed by atoms with van der Waals surface area (Å²) in [6.45, 7) is 0.622. The number of aliphatic hydroxyl groups excluding tert-OH is 1. The molecule has 1 rings (SSSR count). The summed E-state index contributed by atoms with van der Waals surface area (Å²) in [6, 6.07) is 4.31. The number of hydrogen-bond acceptors (Lipinski definition) is 3. The Balaban J connectivity index is 2.93. The van der Waals surface area contributed by atoms with Crippen LogP contribution in [0.2, 0.25) is 0 Å². The number of benzene rings is 1. The maximum absolute atomic E-state index is 12.2. The van der Waals surface area contributed by atoms with E-state index in [1.807, 2.05) is 4.72 Å². The second-order valence-electron chi connectivity index (χ2n) is 4.11. The molecule has 0 aliphatic carbocycles. The average molecular weight is 297 g/mol. The second kappa shape index (κ2) is 5.89. The fraction of sp³-hybridized carbons (Fsp3) is 0.455. The third kappa shape index (κ3) is 4.81. The van der Waals surface area contributed by atoms with Gasteiger partial charge in [0, 0.05) is 6.04 Å².